The molecule has 2 aromatic rings. The van der Waals surface area contributed by atoms with E-state index >= 15 is 0 Å². The summed E-state index contributed by atoms with van der Waals surface area (Å²) in [5, 5.41) is 2.88. The van der Waals surface area contributed by atoms with Gasteiger partial charge in [0.05, 0.1) is 19.1 Å². The van der Waals surface area contributed by atoms with E-state index < -0.39 is 18.1 Å². The molecule has 1 aromatic heterocycles. The van der Waals surface area contributed by atoms with Gasteiger partial charge in [0, 0.05) is 18.7 Å². The van der Waals surface area contributed by atoms with Crippen molar-refractivity contribution in [2.24, 2.45) is 5.92 Å². The average molecular weight is 414 g/mol. The highest BCUT2D eigenvalue weighted by Crippen LogP contribution is 2.39. The normalized spacial score (nSPS) is 19.0. The summed E-state index contributed by atoms with van der Waals surface area (Å²) in [6, 6.07) is 4.17. The Hall–Kier alpha value is -3.23. The van der Waals surface area contributed by atoms with E-state index in [1.54, 1.807) is 11.2 Å². The van der Waals surface area contributed by atoms with Crippen LogP contribution in [0.3, 0.4) is 0 Å². The summed E-state index contributed by atoms with van der Waals surface area (Å²) in [6.45, 7) is 4.55. The molecule has 1 aromatic carbocycles. The molecule has 3 atom stereocenters. The van der Waals surface area contributed by atoms with Crippen molar-refractivity contribution in [2.75, 3.05) is 20.4 Å². The van der Waals surface area contributed by atoms with Gasteiger partial charge in [-0.05, 0) is 23.6 Å². The summed E-state index contributed by atoms with van der Waals surface area (Å²) in [5.74, 6) is 0.809. The molecule has 0 fully saturated rings. The number of methoxy groups -OCH3 is 1. The van der Waals surface area contributed by atoms with Crippen LogP contribution >= 0.6 is 0 Å². The second-order valence-corrected chi connectivity index (χ2v) is 7.56. The third-order valence-electron chi connectivity index (χ3n) is 5.85. The fourth-order valence-corrected chi connectivity index (χ4v) is 3.93. The lowest BCUT2D eigenvalue weighted by atomic mass is 9.95. The van der Waals surface area contributed by atoms with Crippen LogP contribution in [0.1, 0.15) is 43.3 Å². The monoisotopic (exact) mass is 414 g/mol. The first-order valence-electron chi connectivity index (χ1n) is 10.1. The number of H-pyrrole nitrogens is 1. The topological polar surface area (TPSA) is 106 Å². The van der Waals surface area contributed by atoms with Crippen molar-refractivity contribution in [2.45, 2.75) is 38.8 Å². The number of urea groups is 1. The number of carbonyl (C=O) groups excluding carboxylic acids is 2. The van der Waals surface area contributed by atoms with Gasteiger partial charge in [0.15, 0.2) is 11.5 Å². The molecule has 30 heavy (non-hydrogen) atoms. The Morgan fingerprint density at radius 2 is 2.17 bits per heavy atom. The van der Waals surface area contributed by atoms with Gasteiger partial charge >= 0.3 is 12.0 Å². The van der Waals surface area contributed by atoms with Gasteiger partial charge in [-0.1, -0.05) is 26.3 Å². The maximum Gasteiger partial charge on any atom is 0.328 e. The Balaban J connectivity index is 1.66. The zero-order chi connectivity index (χ0) is 21.3. The lowest BCUT2D eigenvalue weighted by Crippen LogP contribution is -2.53. The molecular weight excluding hydrogens is 388 g/mol. The molecule has 160 valence electrons. The molecular formula is C21H26N4O5. The van der Waals surface area contributed by atoms with Gasteiger partial charge in [-0.3, -0.25) is 0 Å². The number of hydrogen-bond donors (Lipinski definition) is 2. The highest BCUT2D eigenvalue weighted by molar-refractivity contribution is 5.84. The molecule has 2 amide bonds. The second kappa shape index (κ2) is 8.25. The number of nitrogens with one attached hydrogen (secondary N) is 2. The van der Waals surface area contributed by atoms with E-state index in [0.717, 1.165) is 23.4 Å². The predicted octanol–water partition coefficient (Wildman–Crippen LogP) is 2.38. The van der Waals surface area contributed by atoms with E-state index in [2.05, 4.69) is 15.3 Å². The molecule has 0 spiro atoms. The van der Waals surface area contributed by atoms with E-state index in [4.69, 9.17) is 14.2 Å². The van der Waals surface area contributed by atoms with Gasteiger partial charge in [0.25, 0.3) is 0 Å². The van der Waals surface area contributed by atoms with Crippen LogP contribution in [-0.2, 0) is 16.0 Å². The SMILES string of the molecule is CC[C@@H](C)[C@@H](NC(=O)N1CCc2[nH]cnc2[C@@H]1c1ccc2c(c1)OCO2)C(=O)OC. The number of benzene rings is 1. The fourth-order valence-electron chi connectivity index (χ4n) is 3.93. The molecule has 2 N–H and O–H groups in total. The Kier molecular flexibility index (Phi) is 5.52. The molecule has 0 bridgehead atoms. The van der Waals surface area contributed by atoms with Crippen LogP contribution in [0.5, 0.6) is 11.5 Å². The van der Waals surface area contributed by atoms with Crippen molar-refractivity contribution in [1.82, 2.24) is 20.2 Å². The average Bonchev–Trinajstić information content (AvgIpc) is 3.44. The number of ether oxygens (including phenoxy) is 3. The van der Waals surface area contributed by atoms with Crippen LogP contribution in [0.2, 0.25) is 0 Å². The molecule has 0 aliphatic carbocycles. The van der Waals surface area contributed by atoms with Crippen molar-refractivity contribution in [3.05, 3.63) is 41.5 Å². The summed E-state index contributed by atoms with van der Waals surface area (Å²) in [7, 11) is 1.33. The predicted molar refractivity (Wildman–Crippen MR) is 107 cm³/mol. The Labute approximate surface area is 174 Å². The van der Waals surface area contributed by atoms with Crippen LogP contribution in [-0.4, -0.2) is 53.4 Å². The van der Waals surface area contributed by atoms with Crippen molar-refractivity contribution >= 4 is 12.0 Å². The molecule has 0 radical (unpaired) electrons. The number of fused-ring (bicyclic) bond motifs is 2. The maximum absolute atomic E-state index is 13.3. The Morgan fingerprint density at radius 3 is 2.93 bits per heavy atom. The van der Waals surface area contributed by atoms with E-state index in [1.807, 2.05) is 32.0 Å². The molecule has 3 heterocycles. The standard InChI is InChI=1S/C21H26N4O5/c1-4-12(2)17(20(26)28-3)24-21(27)25-8-7-14-18(23-10-22-14)19(25)13-5-6-15-16(9-13)30-11-29-15/h5-6,9-10,12,17,19H,4,7-8,11H2,1-3H3,(H,22,23)(H,24,27)/t12-,17-,19+/m1/s1. The molecule has 0 saturated heterocycles. The van der Waals surface area contributed by atoms with Gasteiger partial charge in [0.1, 0.15) is 12.1 Å². The molecule has 9 nitrogen and oxygen atoms in total. The molecule has 2 aliphatic heterocycles. The van der Waals surface area contributed by atoms with E-state index in [-0.39, 0.29) is 18.7 Å². The first-order valence-corrected chi connectivity index (χ1v) is 10.1. The number of aromatic nitrogens is 2. The maximum atomic E-state index is 13.3. The van der Waals surface area contributed by atoms with Crippen LogP contribution in [0.25, 0.3) is 0 Å². The summed E-state index contributed by atoms with van der Waals surface area (Å²) < 4.78 is 15.8. The van der Waals surface area contributed by atoms with E-state index in [1.165, 1.54) is 7.11 Å². The first-order chi connectivity index (χ1) is 14.5. The van der Waals surface area contributed by atoms with Gasteiger partial charge in [-0.2, -0.15) is 0 Å². The zero-order valence-corrected chi connectivity index (χ0v) is 17.3. The van der Waals surface area contributed by atoms with Crippen LogP contribution in [0.4, 0.5) is 4.79 Å². The summed E-state index contributed by atoms with van der Waals surface area (Å²) in [5.41, 5.74) is 2.64. The molecule has 4 rings (SSSR count). The van der Waals surface area contributed by atoms with Crippen LogP contribution < -0.4 is 14.8 Å². The number of imidazole rings is 1. The van der Waals surface area contributed by atoms with Crippen LogP contribution in [0, 0.1) is 5.92 Å². The number of nitrogens with zero attached hydrogens (tertiary/aromatic N) is 2. The number of carbonyl (C=O) groups is 2. The van der Waals surface area contributed by atoms with E-state index in [9.17, 15) is 9.59 Å². The summed E-state index contributed by atoms with van der Waals surface area (Å²) >= 11 is 0. The Morgan fingerprint density at radius 1 is 1.37 bits per heavy atom. The molecule has 2 aliphatic rings. The lowest BCUT2D eigenvalue weighted by molar-refractivity contribution is -0.144. The number of amides is 2. The third-order valence-corrected chi connectivity index (χ3v) is 5.85. The quantitative estimate of drug-likeness (QED) is 0.728. The smallest absolute Gasteiger partial charge is 0.328 e. The largest absolute Gasteiger partial charge is 0.467 e. The zero-order valence-electron chi connectivity index (χ0n) is 17.3. The number of rotatable bonds is 5. The van der Waals surface area contributed by atoms with Crippen molar-refractivity contribution in [3.8, 4) is 11.5 Å². The summed E-state index contributed by atoms with van der Waals surface area (Å²) in [6.07, 6.45) is 3.02. The molecule has 0 unspecified atom stereocenters. The minimum atomic E-state index is -0.717. The second-order valence-electron chi connectivity index (χ2n) is 7.56. The van der Waals surface area contributed by atoms with Gasteiger partial charge < -0.3 is 29.4 Å². The highest BCUT2D eigenvalue weighted by Gasteiger charge is 2.37. The van der Waals surface area contributed by atoms with Crippen molar-refractivity contribution in [3.63, 3.8) is 0 Å². The number of aromatic amines is 1. The number of hydrogen-bond acceptors (Lipinski definition) is 6. The lowest BCUT2D eigenvalue weighted by Gasteiger charge is -2.36. The minimum Gasteiger partial charge on any atom is -0.467 e. The van der Waals surface area contributed by atoms with Gasteiger partial charge in [-0.15, -0.1) is 0 Å². The van der Waals surface area contributed by atoms with Crippen molar-refractivity contribution < 1.29 is 23.8 Å². The van der Waals surface area contributed by atoms with Crippen molar-refractivity contribution in [1.29, 1.82) is 0 Å². The molecule has 9 heteroatoms. The fraction of sp³-hybridized carbons (Fsp3) is 0.476. The van der Waals surface area contributed by atoms with Crippen LogP contribution in [0.15, 0.2) is 24.5 Å². The van der Waals surface area contributed by atoms with Gasteiger partial charge in [0.2, 0.25) is 6.79 Å². The van der Waals surface area contributed by atoms with Gasteiger partial charge in [-0.25, -0.2) is 14.6 Å². The van der Waals surface area contributed by atoms with E-state index in [0.29, 0.717) is 24.5 Å². The number of esters is 1. The highest BCUT2D eigenvalue weighted by atomic mass is 16.7. The third kappa shape index (κ3) is 3.55. The molecule has 0 saturated carbocycles. The first kappa shape index (κ1) is 20.1. The minimum absolute atomic E-state index is 0.0591. The summed E-state index contributed by atoms with van der Waals surface area (Å²) in [4.78, 5) is 34.9. The Bertz CT molecular complexity index is 943.